The fraction of sp³-hybridized carbons (Fsp3) is 0.282. The number of aryl methyl sites for hydroxylation is 1. The van der Waals surface area contributed by atoms with Crippen molar-refractivity contribution in [2.24, 2.45) is 0 Å². The molecule has 2 aromatic carbocycles. The van der Waals surface area contributed by atoms with Gasteiger partial charge in [-0.2, -0.15) is 0 Å². The number of nitrogens with one attached hydrogen (secondary N) is 2. The quantitative estimate of drug-likeness (QED) is 0.100. The van der Waals surface area contributed by atoms with Crippen LogP contribution in [0.25, 0.3) is 22.2 Å². The van der Waals surface area contributed by atoms with Gasteiger partial charge in [0, 0.05) is 48.2 Å². The average Bonchev–Trinajstić information content (AvgIpc) is 3.07. The highest BCUT2D eigenvalue weighted by Crippen LogP contribution is 2.36. The number of hydrogen-bond acceptors (Lipinski definition) is 5. The Hall–Kier alpha value is -5.24. The van der Waals surface area contributed by atoms with E-state index in [9.17, 15) is 9.59 Å². The molecule has 0 unspecified atom stereocenters. The molecule has 0 saturated carbocycles. The second-order valence-corrected chi connectivity index (χ2v) is 12.2. The first-order valence-electron chi connectivity index (χ1n) is 16.2. The van der Waals surface area contributed by atoms with E-state index in [-0.39, 0.29) is 23.1 Å². The highest BCUT2D eigenvalue weighted by molar-refractivity contribution is 6.07. The lowest BCUT2D eigenvalue weighted by atomic mass is 9.93. The number of pyridine rings is 3. The van der Waals surface area contributed by atoms with E-state index < -0.39 is 6.03 Å². The van der Waals surface area contributed by atoms with Gasteiger partial charge in [-0.15, -0.1) is 6.58 Å². The Labute approximate surface area is 276 Å². The summed E-state index contributed by atoms with van der Waals surface area (Å²) in [6.45, 7) is 13.1. The van der Waals surface area contributed by atoms with E-state index in [2.05, 4.69) is 54.9 Å². The van der Waals surface area contributed by atoms with Crippen LogP contribution < -0.4 is 20.9 Å². The fourth-order valence-electron chi connectivity index (χ4n) is 5.83. The van der Waals surface area contributed by atoms with E-state index in [1.54, 1.807) is 23.2 Å². The van der Waals surface area contributed by atoms with Crippen LogP contribution in [0.5, 0.6) is 5.75 Å². The molecular weight excluding hydrogens is 586 g/mol. The van der Waals surface area contributed by atoms with Crippen LogP contribution in [-0.2, 0) is 13.0 Å². The monoisotopic (exact) mass is 629 g/mol. The van der Waals surface area contributed by atoms with Crippen molar-refractivity contribution in [3.05, 3.63) is 125 Å². The lowest BCUT2D eigenvalue weighted by molar-refractivity contribution is 0.262. The normalized spacial score (nSPS) is 11.2. The molecule has 2 amide bonds. The number of anilines is 2. The summed E-state index contributed by atoms with van der Waals surface area (Å²) in [6, 6.07) is 20.9. The number of carbonyl (C=O) groups is 1. The standard InChI is InChI=1S/C39H43N5O3/c1-6-7-8-23-44-37-33(16-11-20-41-37)34(29-12-9-13-30(25-29)47-24-19-28-17-21-40-22-18-28)36(38(44)45)43-39(46)42-35-31(26(2)3)14-10-15-32(35)27(4)5/h6,9-18,20-22,25-27H,1,7-8,19,23-24H2,2-5H3,(H2,42,43,46). The smallest absolute Gasteiger partial charge is 0.323 e. The summed E-state index contributed by atoms with van der Waals surface area (Å²) in [7, 11) is 0. The Morgan fingerprint density at radius 1 is 0.915 bits per heavy atom. The predicted octanol–water partition coefficient (Wildman–Crippen LogP) is 8.94. The maximum Gasteiger partial charge on any atom is 0.323 e. The number of nitrogens with zero attached hydrogens (tertiary/aromatic N) is 3. The molecule has 0 radical (unpaired) electrons. The topological polar surface area (TPSA) is 98.1 Å². The summed E-state index contributed by atoms with van der Waals surface area (Å²) in [5.74, 6) is 1.04. The average molecular weight is 630 g/mol. The minimum Gasteiger partial charge on any atom is -0.493 e. The van der Waals surface area contributed by atoms with Gasteiger partial charge in [0.1, 0.15) is 17.1 Å². The molecular formula is C39H43N5O3. The summed E-state index contributed by atoms with van der Waals surface area (Å²) < 4.78 is 7.79. The second kappa shape index (κ2) is 15.4. The van der Waals surface area contributed by atoms with Crippen molar-refractivity contribution in [2.45, 2.75) is 65.3 Å². The van der Waals surface area contributed by atoms with Gasteiger partial charge in [0.25, 0.3) is 5.56 Å². The zero-order chi connectivity index (χ0) is 33.3. The molecule has 0 spiro atoms. The van der Waals surface area contributed by atoms with Crippen LogP contribution in [0.15, 0.2) is 103 Å². The van der Waals surface area contributed by atoms with E-state index in [4.69, 9.17) is 4.74 Å². The van der Waals surface area contributed by atoms with Crippen molar-refractivity contribution in [2.75, 3.05) is 17.2 Å². The Bertz CT molecular complexity index is 1890. The van der Waals surface area contributed by atoms with Crippen molar-refractivity contribution in [1.29, 1.82) is 0 Å². The molecule has 0 aliphatic rings. The highest BCUT2D eigenvalue weighted by Gasteiger charge is 2.23. The largest absolute Gasteiger partial charge is 0.493 e. The second-order valence-electron chi connectivity index (χ2n) is 12.2. The number of rotatable bonds is 13. The molecule has 5 rings (SSSR count). The number of allylic oxidation sites excluding steroid dienone is 1. The molecule has 0 fully saturated rings. The number of carbonyl (C=O) groups excluding carboxylic acids is 1. The van der Waals surface area contributed by atoms with Gasteiger partial charge in [0.15, 0.2) is 0 Å². The first-order valence-corrected chi connectivity index (χ1v) is 16.2. The van der Waals surface area contributed by atoms with E-state index in [1.165, 1.54) is 0 Å². The van der Waals surface area contributed by atoms with Gasteiger partial charge in [0.2, 0.25) is 0 Å². The van der Waals surface area contributed by atoms with Crippen molar-refractivity contribution >= 4 is 28.4 Å². The summed E-state index contributed by atoms with van der Waals surface area (Å²) in [5, 5.41) is 6.85. The van der Waals surface area contributed by atoms with Crippen LogP contribution in [0.1, 0.15) is 69.1 Å². The number of amides is 2. The maximum atomic E-state index is 14.3. The number of urea groups is 1. The number of fused-ring (bicyclic) bond motifs is 1. The Kier molecular flexibility index (Phi) is 10.8. The third kappa shape index (κ3) is 7.77. The van der Waals surface area contributed by atoms with Crippen molar-refractivity contribution in [3.63, 3.8) is 0 Å². The first-order chi connectivity index (χ1) is 22.8. The zero-order valence-corrected chi connectivity index (χ0v) is 27.6. The number of hydrogen-bond donors (Lipinski definition) is 2. The van der Waals surface area contributed by atoms with Crippen LogP contribution in [0.2, 0.25) is 0 Å². The molecule has 0 aliphatic heterocycles. The number of aromatic nitrogens is 3. The molecule has 3 heterocycles. The Morgan fingerprint density at radius 2 is 1.62 bits per heavy atom. The van der Waals surface area contributed by atoms with Crippen LogP contribution >= 0.6 is 0 Å². The number of benzene rings is 2. The molecule has 0 aliphatic carbocycles. The third-order valence-electron chi connectivity index (χ3n) is 8.19. The van der Waals surface area contributed by atoms with Crippen molar-refractivity contribution in [1.82, 2.24) is 14.5 Å². The summed E-state index contributed by atoms with van der Waals surface area (Å²) >= 11 is 0. The third-order valence-corrected chi connectivity index (χ3v) is 8.19. The van der Waals surface area contributed by atoms with E-state index in [0.29, 0.717) is 36.5 Å². The molecule has 3 aromatic heterocycles. The minimum absolute atomic E-state index is 0.184. The number of para-hydroxylation sites is 1. The summed E-state index contributed by atoms with van der Waals surface area (Å²) in [6.07, 6.45) is 9.23. The molecule has 0 saturated heterocycles. The van der Waals surface area contributed by atoms with Crippen molar-refractivity contribution < 1.29 is 9.53 Å². The van der Waals surface area contributed by atoms with Crippen LogP contribution in [0, 0.1) is 0 Å². The predicted molar refractivity (Wildman–Crippen MR) is 192 cm³/mol. The van der Waals surface area contributed by atoms with Crippen LogP contribution in [-0.4, -0.2) is 27.2 Å². The summed E-state index contributed by atoms with van der Waals surface area (Å²) in [4.78, 5) is 36.9. The Morgan fingerprint density at radius 3 is 2.32 bits per heavy atom. The number of ether oxygens (including phenoxy) is 1. The maximum absolute atomic E-state index is 14.3. The SMILES string of the molecule is C=CCCCn1c(=O)c(NC(=O)Nc2c(C(C)C)cccc2C(C)C)c(-c2cccc(OCCc3ccncc3)c2)c2cccnc21. The molecule has 242 valence electrons. The van der Waals surface area contributed by atoms with Crippen molar-refractivity contribution in [3.8, 4) is 16.9 Å². The van der Waals surface area contributed by atoms with Gasteiger partial charge >= 0.3 is 6.03 Å². The van der Waals surface area contributed by atoms with Crippen LogP contribution in [0.3, 0.4) is 0 Å². The molecule has 8 heteroatoms. The van der Waals surface area contributed by atoms with E-state index in [1.807, 2.05) is 72.8 Å². The molecule has 5 aromatic rings. The van der Waals surface area contributed by atoms with Gasteiger partial charge in [-0.3, -0.25) is 14.3 Å². The molecule has 2 N–H and O–H groups in total. The Balaban J connectivity index is 1.58. The first kappa shape index (κ1) is 33.1. The molecule has 0 bridgehead atoms. The highest BCUT2D eigenvalue weighted by atomic mass is 16.5. The fourth-order valence-corrected chi connectivity index (χ4v) is 5.83. The van der Waals surface area contributed by atoms with E-state index >= 15 is 0 Å². The van der Waals surface area contributed by atoms with Gasteiger partial charge in [-0.05, 0) is 83.3 Å². The lowest BCUT2D eigenvalue weighted by Crippen LogP contribution is -2.30. The molecule has 8 nitrogen and oxygen atoms in total. The summed E-state index contributed by atoms with van der Waals surface area (Å²) in [5.41, 5.74) is 5.72. The lowest BCUT2D eigenvalue weighted by Gasteiger charge is -2.22. The van der Waals surface area contributed by atoms with Crippen LogP contribution in [0.4, 0.5) is 16.2 Å². The zero-order valence-electron chi connectivity index (χ0n) is 27.6. The van der Waals surface area contributed by atoms with Gasteiger partial charge < -0.3 is 15.4 Å². The number of unbranched alkanes of at least 4 members (excludes halogenated alkanes) is 1. The molecule has 0 atom stereocenters. The minimum atomic E-state index is -0.482. The van der Waals surface area contributed by atoms with Gasteiger partial charge in [-0.25, -0.2) is 9.78 Å². The molecule has 47 heavy (non-hydrogen) atoms. The van der Waals surface area contributed by atoms with Gasteiger partial charge in [-0.1, -0.05) is 64.1 Å². The van der Waals surface area contributed by atoms with E-state index in [0.717, 1.165) is 46.2 Å². The van der Waals surface area contributed by atoms with Gasteiger partial charge in [0.05, 0.1) is 6.61 Å².